The highest BCUT2D eigenvalue weighted by atomic mass is 16.4. The summed E-state index contributed by atoms with van der Waals surface area (Å²) in [5.41, 5.74) is 6.71. The van der Waals surface area contributed by atoms with E-state index in [1.54, 1.807) is 0 Å². The zero-order valence-electron chi connectivity index (χ0n) is 11.1. The van der Waals surface area contributed by atoms with Gasteiger partial charge in [0.2, 0.25) is 0 Å². The van der Waals surface area contributed by atoms with E-state index in [9.17, 15) is 4.79 Å². The fraction of sp³-hybridized carbons (Fsp3) is 0.267. The first kappa shape index (κ1) is 13.5. The lowest BCUT2D eigenvalue weighted by Gasteiger charge is -2.28. The first-order valence-corrected chi connectivity index (χ1v) is 6.14. The molecule has 4 nitrogen and oxygen atoms in total. The number of nitrogens with two attached hydrogens (primary N) is 1. The van der Waals surface area contributed by atoms with Gasteiger partial charge in [-0.15, -0.1) is 0 Å². The smallest absolute Gasteiger partial charge is 0.322 e. The second-order valence-corrected chi connectivity index (χ2v) is 4.88. The number of fused-ring (bicyclic) bond motifs is 1. The highest BCUT2D eigenvalue weighted by Crippen LogP contribution is 2.25. The Morgan fingerprint density at radius 2 is 1.79 bits per heavy atom. The third kappa shape index (κ3) is 2.75. The quantitative estimate of drug-likeness (QED) is 0.878. The molecule has 0 saturated carbocycles. The molecule has 2 aromatic carbocycles. The third-order valence-corrected chi connectivity index (χ3v) is 3.30. The van der Waals surface area contributed by atoms with Gasteiger partial charge in [0.05, 0.1) is 6.04 Å². The monoisotopic (exact) mass is 258 g/mol. The minimum atomic E-state index is -0.994. The average Bonchev–Trinajstić information content (AvgIpc) is 2.38. The van der Waals surface area contributed by atoms with Crippen molar-refractivity contribution in [2.75, 3.05) is 14.1 Å². The van der Waals surface area contributed by atoms with Crippen LogP contribution < -0.4 is 5.73 Å². The van der Waals surface area contributed by atoms with Gasteiger partial charge in [-0.25, -0.2) is 0 Å². The fourth-order valence-corrected chi connectivity index (χ4v) is 2.35. The van der Waals surface area contributed by atoms with E-state index in [1.807, 2.05) is 61.5 Å². The normalized spacial score (nSPS) is 14.5. The van der Waals surface area contributed by atoms with Gasteiger partial charge in [0.15, 0.2) is 0 Å². The lowest BCUT2D eigenvalue weighted by Crippen LogP contribution is -2.43. The number of carboxylic acids is 1. The van der Waals surface area contributed by atoms with Crippen LogP contribution in [0.1, 0.15) is 11.6 Å². The van der Waals surface area contributed by atoms with Gasteiger partial charge in [0.1, 0.15) is 6.04 Å². The molecule has 0 saturated heterocycles. The molecule has 0 bridgehead atoms. The van der Waals surface area contributed by atoms with E-state index in [-0.39, 0.29) is 6.04 Å². The summed E-state index contributed by atoms with van der Waals surface area (Å²) in [6.45, 7) is 0. The Morgan fingerprint density at radius 3 is 2.37 bits per heavy atom. The van der Waals surface area contributed by atoms with Gasteiger partial charge < -0.3 is 15.7 Å². The van der Waals surface area contributed by atoms with Crippen LogP contribution in [0.25, 0.3) is 10.8 Å². The maximum absolute atomic E-state index is 11.1. The van der Waals surface area contributed by atoms with Crippen LogP contribution in [0.5, 0.6) is 0 Å². The number of hydrogen-bond donors (Lipinski definition) is 2. The number of aliphatic carboxylic acids is 1. The lowest BCUT2D eigenvalue weighted by molar-refractivity contribution is -0.140. The Balaban J connectivity index is 2.47. The summed E-state index contributed by atoms with van der Waals surface area (Å²) in [5, 5.41) is 11.3. The van der Waals surface area contributed by atoms with Gasteiger partial charge in [-0.1, -0.05) is 36.4 Å². The van der Waals surface area contributed by atoms with Gasteiger partial charge in [0, 0.05) is 0 Å². The number of carboxylic acid groups (broad SMARTS) is 1. The third-order valence-electron chi connectivity index (χ3n) is 3.30. The van der Waals surface area contributed by atoms with Gasteiger partial charge in [0.25, 0.3) is 0 Å². The summed E-state index contributed by atoms with van der Waals surface area (Å²) in [5.74, 6) is -0.994. The Labute approximate surface area is 112 Å². The number of likely N-dealkylation sites (N-methyl/N-ethyl adjacent to an activating group) is 1. The molecule has 2 aromatic rings. The van der Waals surface area contributed by atoms with Crippen molar-refractivity contribution in [2.45, 2.75) is 12.1 Å². The molecule has 2 rings (SSSR count). The molecule has 0 aromatic heterocycles. The van der Waals surface area contributed by atoms with Crippen LogP contribution in [0.3, 0.4) is 0 Å². The molecule has 100 valence electrons. The van der Waals surface area contributed by atoms with E-state index in [1.165, 1.54) is 0 Å². The van der Waals surface area contributed by atoms with Crippen LogP contribution in [0.15, 0.2) is 42.5 Å². The Kier molecular flexibility index (Phi) is 3.83. The van der Waals surface area contributed by atoms with Gasteiger partial charge in [-0.3, -0.25) is 4.79 Å². The van der Waals surface area contributed by atoms with Crippen molar-refractivity contribution < 1.29 is 9.90 Å². The number of nitrogens with zero attached hydrogens (tertiary/aromatic N) is 1. The molecule has 0 aliphatic rings. The standard InChI is InChI=1S/C15H18N2O2/c1-17(2)14(13(16)15(18)19)12-8-7-10-5-3-4-6-11(10)9-12/h3-9,13-14H,16H2,1-2H3,(H,18,19). The van der Waals surface area contributed by atoms with Crippen molar-refractivity contribution in [3.63, 3.8) is 0 Å². The minimum Gasteiger partial charge on any atom is -0.480 e. The maximum atomic E-state index is 11.1. The molecule has 3 N–H and O–H groups in total. The molecule has 2 atom stereocenters. The second kappa shape index (κ2) is 5.38. The van der Waals surface area contributed by atoms with Crippen molar-refractivity contribution in [2.24, 2.45) is 5.73 Å². The van der Waals surface area contributed by atoms with E-state index in [2.05, 4.69) is 0 Å². The van der Waals surface area contributed by atoms with Crippen LogP contribution in [0, 0.1) is 0 Å². The summed E-state index contributed by atoms with van der Waals surface area (Å²) in [6.07, 6.45) is 0. The van der Waals surface area contributed by atoms with E-state index >= 15 is 0 Å². The first-order chi connectivity index (χ1) is 9.00. The Morgan fingerprint density at radius 1 is 1.16 bits per heavy atom. The van der Waals surface area contributed by atoms with Crippen molar-refractivity contribution in [1.82, 2.24) is 4.90 Å². The lowest BCUT2D eigenvalue weighted by atomic mass is 9.96. The summed E-state index contributed by atoms with van der Waals surface area (Å²) in [6, 6.07) is 12.6. The molecule has 4 heteroatoms. The van der Waals surface area contributed by atoms with Crippen molar-refractivity contribution in [1.29, 1.82) is 0 Å². The summed E-state index contributed by atoms with van der Waals surface area (Å²) >= 11 is 0. The summed E-state index contributed by atoms with van der Waals surface area (Å²) in [4.78, 5) is 13.0. The molecule has 2 unspecified atom stereocenters. The Bertz CT molecular complexity index is 595. The molecule has 0 fully saturated rings. The topological polar surface area (TPSA) is 66.6 Å². The molecule has 0 radical (unpaired) electrons. The van der Waals surface area contributed by atoms with Gasteiger partial charge in [-0.05, 0) is 36.5 Å². The van der Waals surface area contributed by atoms with E-state index < -0.39 is 12.0 Å². The van der Waals surface area contributed by atoms with E-state index in [0.29, 0.717) is 0 Å². The fourth-order valence-electron chi connectivity index (χ4n) is 2.35. The van der Waals surface area contributed by atoms with Crippen molar-refractivity contribution in [3.05, 3.63) is 48.0 Å². The number of benzene rings is 2. The van der Waals surface area contributed by atoms with Gasteiger partial charge >= 0.3 is 5.97 Å². The molecule has 0 spiro atoms. The zero-order chi connectivity index (χ0) is 14.0. The summed E-state index contributed by atoms with van der Waals surface area (Å²) in [7, 11) is 3.67. The largest absolute Gasteiger partial charge is 0.480 e. The van der Waals surface area contributed by atoms with Crippen molar-refractivity contribution >= 4 is 16.7 Å². The number of hydrogen-bond acceptors (Lipinski definition) is 3. The molecule has 0 aliphatic carbocycles. The molecule has 19 heavy (non-hydrogen) atoms. The first-order valence-electron chi connectivity index (χ1n) is 6.14. The molecule has 0 aliphatic heterocycles. The van der Waals surface area contributed by atoms with Crippen LogP contribution in [0.2, 0.25) is 0 Å². The van der Waals surface area contributed by atoms with Crippen LogP contribution in [-0.4, -0.2) is 36.1 Å². The van der Waals surface area contributed by atoms with E-state index in [4.69, 9.17) is 10.8 Å². The molecular weight excluding hydrogens is 240 g/mol. The van der Waals surface area contributed by atoms with Crippen LogP contribution >= 0.6 is 0 Å². The van der Waals surface area contributed by atoms with Crippen LogP contribution in [-0.2, 0) is 4.79 Å². The maximum Gasteiger partial charge on any atom is 0.322 e. The van der Waals surface area contributed by atoms with Crippen molar-refractivity contribution in [3.8, 4) is 0 Å². The van der Waals surface area contributed by atoms with E-state index in [0.717, 1.165) is 16.3 Å². The molecular formula is C15H18N2O2. The SMILES string of the molecule is CN(C)C(c1ccc2ccccc2c1)C(N)C(=O)O. The molecule has 0 heterocycles. The number of carbonyl (C=O) groups is 1. The zero-order valence-corrected chi connectivity index (χ0v) is 11.1. The van der Waals surface area contributed by atoms with Crippen LogP contribution in [0.4, 0.5) is 0 Å². The predicted octanol–water partition coefficient (Wildman–Crippen LogP) is 1.85. The average molecular weight is 258 g/mol. The summed E-state index contributed by atoms with van der Waals surface area (Å²) < 4.78 is 0. The minimum absolute atomic E-state index is 0.345. The van der Waals surface area contributed by atoms with Gasteiger partial charge in [-0.2, -0.15) is 0 Å². The highest BCUT2D eigenvalue weighted by molar-refractivity contribution is 5.83. The predicted molar refractivity (Wildman–Crippen MR) is 76.0 cm³/mol. The second-order valence-electron chi connectivity index (χ2n) is 4.88. The molecule has 0 amide bonds. The Hall–Kier alpha value is -1.91. The number of rotatable bonds is 4. The highest BCUT2D eigenvalue weighted by Gasteiger charge is 2.27.